The van der Waals surface area contributed by atoms with E-state index in [9.17, 15) is 31.1 Å². The molecule has 1 amide bonds. The second kappa shape index (κ2) is 7.39. The van der Waals surface area contributed by atoms with Gasteiger partial charge in [-0.1, -0.05) is 12.1 Å². The topological polar surface area (TPSA) is 38.3 Å². The molecule has 1 aromatic carbocycles. The summed E-state index contributed by atoms with van der Waals surface area (Å²) >= 11 is 0. The maximum atomic E-state index is 12.0. The van der Waals surface area contributed by atoms with Gasteiger partial charge in [0.25, 0.3) is 0 Å². The first-order chi connectivity index (χ1) is 9.08. The maximum Gasteiger partial charge on any atom is 0.573 e. The Labute approximate surface area is 121 Å². The third-order valence-electron chi connectivity index (χ3n) is 2.09. The molecule has 120 valence electrons. The van der Waals surface area contributed by atoms with Crippen molar-refractivity contribution in [1.82, 2.24) is 5.32 Å². The quantitative estimate of drug-likeness (QED) is 0.857. The Bertz CT molecular complexity index is 475. The Kier molecular flexibility index (Phi) is 6.81. The summed E-state index contributed by atoms with van der Waals surface area (Å²) in [5.41, 5.74) is 0.300. The summed E-state index contributed by atoms with van der Waals surface area (Å²) in [5.74, 6) is -2.57. The predicted octanol–water partition coefficient (Wildman–Crippen LogP) is 3.23. The van der Waals surface area contributed by atoms with Crippen LogP contribution in [-0.4, -0.2) is 25.0 Å². The average molecular weight is 338 g/mol. The highest BCUT2D eigenvalue weighted by Crippen LogP contribution is 2.23. The van der Waals surface area contributed by atoms with Crippen LogP contribution >= 0.6 is 12.4 Å². The molecule has 0 aliphatic carbocycles. The van der Waals surface area contributed by atoms with Crippen LogP contribution in [0.1, 0.15) is 5.56 Å². The fourth-order valence-electron chi connectivity index (χ4n) is 1.32. The van der Waals surface area contributed by atoms with Gasteiger partial charge in [-0.15, -0.1) is 25.6 Å². The molecule has 10 heteroatoms. The fraction of sp³-hybridized carbons (Fsp3) is 0.364. The molecule has 0 saturated carbocycles. The summed E-state index contributed by atoms with van der Waals surface area (Å²) in [4.78, 5) is 10.5. The number of nitrogens with one attached hydrogen (secondary N) is 1. The number of hydrogen-bond acceptors (Lipinski definition) is 2. The summed E-state index contributed by atoms with van der Waals surface area (Å²) in [6.07, 6.45) is -9.89. The van der Waals surface area contributed by atoms with Gasteiger partial charge in [-0.3, -0.25) is 4.79 Å². The van der Waals surface area contributed by atoms with Crippen LogP contribution in [0.3, 0.4) is 0 Å². The van der Waals surface area contributed by atoms with E-state index in [0.29, 0.717) is 5.56 Å². The summed E-state index contributed by atoms with van der Waals surface area (Å²) in [7, 11) is 0. The second-order valence-electron chi connectivity index (χ2n) is 3.70. The minimum atomic E-state index is -4.98. The molecule has 21 heavy (non-hydrogen) atoms. The van der Waals surface area contributed by atoms with Crippen molar-refractivity contribution in [2.75, 3.05) is 6.54 Å². The number of ether oxygens (including phenoxy) is 1. The van der Waals surface area contributed by atoms with Gasteiger partial charge in [0.1, 0.15) is 5.75 Å². The van der Waals surface area contributed by atoms with E-state index >= 15 is 0 Å². The van der Waals surface area contributed by atoms with E-state index in [1.807, 2.05) is 0 Å². The van der Waals surface area contributed by atoms with Gasteiger partial charge < -0.3 is 10.1 Å². The van der Waals surface area contributed by atoms with Crippen molar-refractivity contribution >= 4 is 18.3 Å². The van der Waals surface area contributed by atoms with E-state index in [4.69, 9.17) is 0 Å². The van der Waals surface area contributed by atoms with Gasteiger partial charge >= 0.3 is 18.4 Å². The lowest BCUT2D eigenvalue weighted by molar-refractivity contribution is -0.274. The van der Waals surface area contributed by atoms with Gasteiger partial charge in [0.05, 0.1) is 0 Å². The highest BCUT2D eigenvalue weighted by atomic mass is 35.5. The minimum Gasteiger partial charge on any atom is -0.406 e. The van der Waals surface area contributed by atoms with Crippen LogP contribution in [0.2, 0.25) is 0 Å². The molecule has 1 aromatic rings. The molecular formula is C11H10ClF6NO2. The van der Waals surface area contributed by atoms with E-state index in [1.54, 1.807) is 5.32 Å². The van der Waals surface area contributed by atoms with Crippen LogP contribution in [-0.2, 0) is 11.2 Å². The molecule has 0 unspecified atom stereocenters. The molecule has 0 spiro atoms. The van der Waals surface area contributed by atoms with Crippen molar-refractivity contribution in [2.45, 2.75) is 19.0 Å². The van der Waals surface area contributed by atoms with E-state index in [-0.39, 0.29) is 25.4 Å². The van der Waals surface area contributed by atoms with E-state index in [0.717, 1.165) is 12.1 Å². The molecule has 0 aliphatic heterocycles. The minimum absolute atomic E-state index is 0. The van der Waals surface area contributed by atoms with E-state index in [1.165, 1.54) is 12.1 Å². The van der Waals surface area contributed by atoms with Crippen LogP contribution in [0.25, 0.3) is 0 Å². The molecule has 0 bridgehead atoms. The van der Waals surface area contributed by atoms with Gasteiger partial charge in [-0.25, -0.2) is 0 Å². The lowest BCUT2D eigenvalue weighted by Gasteiger charge is -2.11. The Hall–Kier alpha value is -1.64. The molecule has 0 aromatic heterocycles. The Morgan fingerprint density at radius 1 is 1.14 bits per heavy atom. The highest BCUT2D eigenvalue weighted by molar-refractivity contribution is 5.85. The van der Waals surface area contributed by atoms with Crippen molar-refractivity contribution in [1.29, 1.82) is 0 Å². The molecule has 0 radical (unpaired) electrons. The molecule has 0 heterocycles. The normalized spacial score (nSPS) is 11.5. The maximum absolute atomic E-state index is 12.0. The average Bonchev–Trinajstić information content (AvgIpc) is 2.25. The first-order valence-corrected chi connectivity index (χ1v) is 5.27. The summed E-state index contributed by atoms with van der Waals surface area (Å²) in [6, 6.07) is 4.77. The van der Waals surface area contributed by atoms with Gasteiger partial charge in [0.2, 0.25) is 0 Å². The van der Waals surface area contributed by atoms with Gasteiger partial charge in [0.15, 0.2) is 0 Å². The number of hydrogen-bond donors (Lipinski definition) is 1. The Balaban J connectivity index is 0.00000400. The Morgan fingerprint density at radius 2 is 1.76 bits per heavy atom. The number of halogens is 7. The van der Waals surface area contributed by atoms with Crippen LogP contribution in [0, 0.1) is 0 Å². The smallest absolute Gasteiger partial charge is 0.406 e. The van der Waals surface area contributed by atoms with Crippen molar-refractivity contribution in [3.63, 3.8) is 0 Å². The molecule has 0 atom stereocenters. The summed E-state index contributed by atoms with van der Waals surface area (Å²) < 4.78 is 75.1. The van der Waals surface area contributed by atoms with E-state index in [2.05, 4.69) is 4.74 Å². The first-order valence-electron chi connectivity index (χ1n) is 5.27. The Morgan fingerprint density at radius 3 is 2.29 bits per heavy atom. The summed E-state index contributed by atoms with van der Waals surface area (Å²) in [6.45, 7) is -0.353. The zero-order chi connectivity index (χ0) is 15.4. The molecule has 0 saturated heterocycles. The van der Waals surface area contributed by atoms with Crippen LogP contribution in [0.4, 0.5) is 26.3 Å². The molecule has 1 rings (SSSR count). The van der Waals surface area contributed by atoms with E-state index < -0.39 is 24.2 Å². The van der Waals surface area contributed by atoms with Crippen molar-refractivity contribution in [2.24, 2.45) is 0 Å². The number of benzene rings is 1. The third kappa shape index (κ3) is 7.64. The van der Waals surface area contributed by atoms with Gasteiger partial charge in [-0.05, 0) is 24.1 Å². The SMILES string of the molecule is Cl.O=C(NCCc1cccc(OC(F)(F)F)c1)C(F)(F)F. The second-order valence-corrected chi connectivity index (χ2v) is 3.70. The van der Waals surface area contributed by atoms with Gasteiger partial charge in [0, 0.05) is 6.54 Å². The lowest BCUT2D eigenvalue weighted by Crippen LogP contribution is -2.37. The number of amides is 1. The third-order valence-corrected chi connectivity index (χ3v) is 2.09. The van der Waals surface area contributed by atoms with Crippen molar-refractivity contribution in [3.8, 4) is 5.75 Å². The number of carbonyl (C=O) groups excluding carboxylic acids is 1. The number of carbonyl (C=O) groups is 1. The fourth-order valence-corrected chi connectivity index (χ4v) is 1.32. The zero-order valence-corrected chi connectivity index (χ0v) is 11.0. The molecule has 0 aliphatic rings. The van der Waals surface area contributed by atoms with Crippen LogP contribution in [0.5, 0.6) is 5.75 Å². The van der Waals surface area contributed by atoms with Crippen LogP contribution < -0.4 is 10.1 Å². The monoisotopic (exact) mass is 337 g/mol. The van der Waals surface area contributed by atoms with Crippen LogP contribution in [0.15, 0.2) is 24.3 Å². The lowest BCUT2D eigenvalue weighted by atomic mass is 10.1. The number of rotatable bonds is 4. The van der Waals surface area contributed by atoms with Crippen molar-refractivity contribution < 1.29 is 35.9 Å². The van der Waals surface area contributed by atoms with Gasteiger partial charge in [-0.2, -0.15) is 13.2 Å². The summed E-state index contributed by atoms with van der Waals surface area (Å²) in [5, 5.41) is 1.61. The molecule has 1 N–H and O–H groups in total. The predicted molar refractivity (Wildman–Crippen MR) is 63.1 cm³/mol. The zero-order valence-electron chi connectivity index (χ0n) is 10.2. The first kappa shape index (κ1) is 19.4. The standard InChI is InChI=1S/C11H9F6NO2.ClH/c12-10(13,14)9(19)18-5-4-7-2-1-3-8(6-7)20-11(15,16)17;/h1-3,6H,4-5H2,(H,18,19);1H. The van der Waals surface area contributed by atoms with Crippen molar-refractivity contribution in [3.05, 3.63) is 29.8 Å². The molecular weight excluding hydrogens is 328 g/mol. The highest BCUT2D eigenvalue weighted by Gasteiger charge is 2.38. The largest absolute Gasteiger partial charge is 0.573 e. The molecule has 3 nitrogen and oxygen atoms in total. The number of alkyl halides is 6. The molecule has 0 fully saturated rings.